The molecule has 130 valence electrons. The molecule has 2 aromatic heterocycles. The van der Waals surface area contributed by atoms with Crippen LogP contribution in [0.4, 0.5) is 0 Å². The van der Waals surface area contributed by atoms with Gasteiger partial charge in [0, 0.05) is 56.9 Å². The van der Waals surface area contributed by atoms with E-state index >= 15 is 0 Å². The molecular formula is C17H25N5O2. The molecule has 0 N–H and O–H groups in total. The van der Waals surface area contributed by atoms with Crippen molar-refractivity contribution >= 4 is 5.91 Å². The van der Waals surface area contributed by atoms with Crippen molar-refractivity contribution in [1.82, 2.24) is 24.7 Å². The van der Waals surface area contributed by atoms with Crippen LogP contribution < -0.4 is 0 Å². The van der Waals surface area contributed by atoms with Crippen LogP contribution in [0, 0.1) is 20.8 Å². The van der Waals surface area contributed by atoms with Gasteiger partial charge in [-0.2, -0.15) is 5.10 Å². The van der Waals surface area contributed by atoms with Crippen LogP contribution in [-0.4, -0.2) is 56.8 Å². The van der Waals surface area contributed by atoms with Gasteiger partial charge in [0.1, 0.15) is 5.76 Å². The van der Waals surface area contributed by atoms with Crippen molar-refractivity contribution in [3.05, 3.63) is 35.0 Å². The number of piperazine rings is 1. The molecule has 0 unspecified atom stereocenters. The van der Waals surface area contributed by atoms with Crippen LogP contribution in [-0.2, 0) is 17.9 Å². The van der Waals surface area contributed by atoms with E-state index in [-0.39, 0.29) is 5.91 Å². The average molecular weight is 331 g/mol. The molecule has 3 rings (SSSR count). The maximum atomic E-state index is 12.4. The Morgan fingerprint density at radius 1 is 1.21 bits per heavy atom. The van der Waals surface area contributed by atoms with Gasteiger partial charge in [-0.3, -0.25) is 14.4 Å². The molecule has 1 saturated heterocycles. The predicted octanol–water partition coefficient (Wildman–Crippen LogP) is 1.53. The number of aromatic nitrogens is 3. The van der Waals surface area contributed by atoms with Crippen molar-refractivity contribution in [3.8, 4) is 0 Å². The third kappa shape index (κ3) is 3.84. The molecule has 2 aromatic rings. The zero-order chi connectivity index (χ0) is 17.1. The summed E-state index contributed by atoms with van der Waals surface area (Å²) in [6.45, 7) is 10.7. The standard InChI is InChI=1S/C17H25N5O2/c1-13-10-14(2)22(19-13)5-4-17(23)21-8-6-20(7-9-21)12-16-11-18-24-15(16)3/h10-11H,4-9,12H2,1-3H3. The molecule has 24 heavy (non-hydrogen) atoms. The molecule has 0 spiro atoms. The van der Waals surface area contributed by atoms with Crippen molar-refractivity contribution in [3.63, 3.8) is 0 Å². The lowest BCUT2D eigenvalue weighted by atomic mass is 10.2. The van der Waals surface area contributed by atoms with Crippen LogP contribution in [0.1, 0.15) is 29.1 Å². The second-order valence-corrected chi connectivity index (χ2v) is 6.46. The van der Waals surface area contributed by atoms with Gasteiger partial charge in [-0.05, 0) is 26.8 Å². The SMILES string of the molecule is Cc1cc(C)n(CCC(=O)N2CCN(Cc3cnoc3C)CC2)n1. The lowest BCUT2D eigenvalue weighted by molar-refractivity contribution is -0.133. The summed E-state index contributed by atoms with van der Waals surface area (Å²) in [6, 6.07) is 2.04. The lowest BCUT2D eigenvalue weighted by Gasteiger charge is -2.34. The van der Waals surface area contributed by atoms with Crippen LogP contribution in [0.25, 0.3) is 0 Å². The number of rotatable bonds is 5. The van der Waals surface area contributed by atoms with E-state index in [1.165, 1.54) is 0 Å². The average Bonchev–Trinajstić information content (AvgIpc) is 3.11. The van der Waals surface area contributed by atoms with Gasteiger partial charge in [-0.15, -0.1) is 0 Å². The Hall–Kier alpha value is -2.15. The zero-order valence-corrected chi connectivity index (χ0v) is 14.7. The summed E-state index contributed by atoms with van der Waals surface area (Å²) < 4.78 is 7.02. The molecule has 0 bridgehead atoms. The maximum Gasteiger partial charge on any atom is 0.224 e. The first kappa shape index (κ1) is 16.7. The van der Waals surface area contributed by atoms with Gasteiger partial charge < -0.3 is 9.42 Å². The van der Waals surface area contributed by atoms with Crippen LogP contribution in [0.15, 0.2) is 16.8 Å². The lowest BCUT2D eigenvalue weighted by Crippen LogP contribution is -2.48. The molecule has 3 heterocycles. The molecule has 1 amide bonds. The van der Waals surface area contributed by atoms with Crippen LogP contribution >= 0.6 is 0 Å². The summed E-state index contributed by atoms with van der Waals surface area (Å²) in [6.07, 6.45) is 2.29. The monoisotopic (exact) mass is 331 g/mol. The molecular weight excluding hydrogens is 306 g/mol. The van der Waals surface area contributed by atoms with E-state index in [4.69, 9.17) is 4.52 Å². The van der Waals surface area contributed by atoms with Crippen LogP contribution in [0.3, 0.4) is 0 Å². The fourth-order valence-electron chi connectivity index (χ4n) is 3.13. The fraction of sp³-hybridized carbons (Fsp3) is 0.588. The number of carbonyl (C=O) groups is 1. The van der Waals surface area contributed by atoms with Gasteiger partial charge in [-0.1, -0.05) is 5.16 Å². The fourth-order valence-corrected chi connectivity index (χ4v) is 3.13. The third-order valence-electron chi connectivity index (χ3n) is 4.61. The Bertz CT molecular complexity index is 698. The van der Waals surface area contributed by atoms with Crippen molar-refractivity contribution in [2.75, 3.05) is 26.2 Å². The van der Waals surface area contributed by atoms with E-state index in [1.807, 2.05) is 36.4 Å². The number of hydrogen-bond acceptors (Lipinski definition) is 5. The first-order valence-corrected chi connectivity index (χ1v) is 8.44. The summed E-state index contributed by atoms with van der Waals surface area (Å²) >= 11 is 0. The Morgan fingerprint density at radius 2 is 1.96 bits per heavy atom. The van der Waals surface area contributed by atoms with Gasteiger partial charge in [0.25, 0.3) is 0 Å². The van der Waals surface area contributed by atoms with Crippen molar-refractivity contribution in [2.24, 2.45) is 0 Å². The first-order chi connectivity index (χ1) is 11.5. The molecule has 7 nitrogen and oxygen atoms in total. The van der Waals surface area contributed by atoms with E-state index in [9.17, 15) is 4.79 Å². The number of nitrogens with zero attached hydrogens (tertiary/aromatic N) is 5. The third-order valence-corrected chi connectivity index (χ3v) is 4.61. The number of aryl methyl sites for hydroxylation is 4. The summed E-state index contributed by atoms with van der Waals surface area (Å²) in [5.74, 6) is 1.08. The Labute approximate surface area is 142 Å². The van der Waals surface area contributed by atoms with E-state index in [0.29, 0.717) is 13.0 Å². The Morgan fingerprint density at radius 3 is 2.54 bits per heavy atom. The number of hydrogen-bond donors (Lipinski definition) is 0. The summed E-state index contributed by atoms with van der Waals surface area (Å²) in [5.41, 5.74) is 3.23. The minimum atomic E-state index is 0.211. The number of carbonyl (C=O) groups excluding carboxylic acids is 1. The van der Waals surface area contributed by atoms with Gasteiger partial charge in [0.2, 0.25) is 5.91 Å². The second-order valence-electron chi connectivity index (χ2n) is 6.46. The van der Waals surface area contributed by atoms with Crippen LogP contribution in [0.5, 0.6) is 0 Å². The molecule has 0 radical (unpaired) electrons. The topological polar surface area (TPSA) is 67.4 Å². The normalized spacial score (nSPS) is 15.9. The highest BCUT2D eigenvalue weighted by Crippen LogP contribution is 2.13. The van der Waals surface area contributed by atoms with E-state index in [1.54, 1.807) is 6.20 Å². The summed E-state index contributed by atoms with van der Waals surface area (Å²) in [4.78, 5) is 16.7. The quantitative estimate of drug-likeness (QED) is 0.831. The highest BCUT2D eigenvalue weighted by molar-refractivity contribution is 5.76. The minimum Gasteiger partial charge on any atom is -0.361 e. The molecule has 0 aromatic carbocycles. The number of amides is 1. The zero-order valence-electron chi connectivity index (χ0n) is 14.7. The minimum absolute atomic E-state index is 0.211. The smallest absolute Gasteiger partial charge is 0.224 e. The predicted molar refractivity (Wildman–Crippen MR) is 89.4 cm³/mol. The van der Waals surface area contributed by atoms with Gasteiger partial charge in [0.05, 0.1) is 11.9 Å². The highest BCUT2D eigenvalue weighted by Gasteiger charge is 2.22. The van der Waals surface area contributed by atoms with E-state index in [2.05, 4.69) is 15.2 Å². The Kier molecular flexibility index (Phi) is 4.99. The Balaban J connectivity index is 1.45. The highest BCUT2D eigenvalue weighted by atomic mass is 16.5. The van der Waals surface area contributed by atoms with E-state index < -0.39 is 0 Å². The summed E-state index contributed by atoms with van der Waals surface area (Å²) in [5, 5.41) is 8.23. The maximum absolute atomic E-state index is 12.4. The molecule has 7 heteroatoms. The molecule has 1 aliphatic heterocycles. The van der Waals surface area contributed by atoms with Crippen molar-refractivity contribution in [2.45, 2.75) is 40.3 Å². The van der Waals surface area contributed by atoms with Gasteiger partial charge >= 0.3 is 0 Å². The van der Waals surface area contributed by atoms with Gasteiger partial charge in [0.15, 0.2) is 0 Å². The molecule has 0 atom stereocenters. The molecule has 1 aliphatic rings. The summed E-state index contributed by atoms with van der Waals surface area (Å²) in [7, 11) is 0. The van der Waals surface area contributed by atoms with Crippen LogP contribution in [0.2, 0.25) is 0 Å². The molecule has 1 fully saturated rings. The van der Waals surface area contributed by atoms with Gasteiger partial charge in [-0.25, -0.2) is 0 Å². The van der Waals surface area contributed by atoms with Crippen molar-refractivity contribution < 1.29 is 9.32 Å². The largest absolute Gasteiger partial charge is 0.361 e. The second kappa shape index (κ2) is 7.17. The van der Waals surface area contributed by atoms with Crippen molar-refractivity contribution in [1.29, 1.82) is 0 Å². The molecule has 0 aliphatic carbocycles. The first-order valence-electron chi connectivity index (χ1n) is 8.44. The molecule has 0 saturated carbocycles. The van der Waals surface area contributed by atoms with E-state index in [0.717, 1.165) is 55.4 Å².